The number of aromatic nitrogens is 2. The van der Waals surface area contributed by atoms with Gasteiger partial charge in [0.15, 0.2) is 0 Å². The van der Waals surface area contributed by atoms with Gasteiger partial charge in [0.1, 0.15) is 0 Å². The Balaban J connectivity index is 2.15. The Morgan fingerprint density at radius 2 is 2.00 bits per heavy atom. The van der Waals surface area contributed by atoms with Crippen LogP contribution in [0.5, 0.6) is 0 Å². The van der Waals surface area contributed by atoms with E-state index in [4.69, 9.17) is 0 Å². The second kappa shape index (κ2) is 5.46. The first-order chi connectivity index (χ1) is 9.40. The molecule has 0 saturated heterocycles. The van der Waals surface area contributed by atoms with Crippen molar-refractivity contribution in [1.29, 1.82) is 0 Å². The SMILES string of the molecule is CC(O)C(C)(C)NC(=O)c1cnn(-c2ccccc2)c1. The van der Waals surface area contributed by atoms with Crippen LogP contribution < -0.4 is 5.32 Å². The van der Waals surface area contributed by atoms with Crippen LogP contribution in [0.1, 0.15) is 31.1 Å². The Morgan fingerprint density at radius 1 is 1.35 bits per heavy atom. The van der Waals surface area contributed by atoms with Crippen LogP contribution in [0.2, 0.25) is 0 Å². The fourth-order valence-corrected chi connectivity index (χ4v) is 1.63. The first-order valence-corrected chi connectivity index (χ1v) is 6.51. The summed E-state index contributed by atoms with van der Waals surface area (Å²) in [7, 11) is 0. The minimum atomic E-state index is -0.689. The molecular weight excluding hydrogens is 254 g/mol. The number of carbonyl (C=O) groups is 1. The molecule has 1 amide bonds. The molecule has 0 saturated carbocycles. The van der Waals surface area contributed by atoms with Crippen molar-refractivity contribution in [2.45, 2.75) is 32.4 Å². The highest BCUT2D eigenvalue weighted by molar-refractivity contribution is 5.94. The molecule has 1 atom stereocenters. The van der Waals surface area contributed by atoms with Gasteiger partial charge in [0.2, 0.25) is 0 Å². The summed E-state index contributed by atoms with van der Waals surface area (Å²) in [5.41, 5.74) is 0.662. The van der Waals surface area contributed by atoms with Crippen LogP contribution >= 0.6 is 0 Å². The number of para-hydroxylation sites is 1. The van der Waals surface area contributed by atoms with Crippen LogP contribution in [-0.2, 0) is 0 Å². The molecule has 2 N–H and O–H groups in total. The van der Waals surface area contributed by atoms with Crippen LogP contribution in [0.4, 0.5) is 0 Å². The quantitative estimate of drug-likeness (QED) is 0.892. The Labute approximate surface area is 118 Å². The fourth-order valence-electron chi connectivity index (χ4n) is 1.63. The van der Waals surface area contributed by atoms with Crippen molar-refractivity contribution in [3.8, 4) is 5.69 Å². The maximum absolute atomic E-state index is 12.1. The molecule has 0 spiro atoms. The number of aliphatic hydroxyl groups excluding tert-OH is 1. The Bertz CT molecular complexity index is 588. The largest absolute Gasteiger partial charge is 0.391 e. The summed E-state index contributed by atoms with van der Waals surface area (Å²) in [5.74, 6) is -0.252. The van der Waals surface area contributed by atoms with Gasteiger partial charge in [-0.15, -0.1) is 0 Å². The number of benzene rings is 1. The predicted octanol–water partition coefficient (Wildman–Crippen LogP) is 1.76. The summed E-state index contributed by atoms with van der Waals surface area (Å²) in [6.45, 7) is 5.20. The van der Waals surface area contributed by atoms with E-state index in [-0.39, 0.29) is 5.91 Å². The number of hydrogen-bond acceptors (Lipinski definition) is 3. The van der Waals surface area contributed by atoms with E-state index >= 15 is 0 Å². The third-order valence-electron chi connectivity index (χ3n) is 3.35. The lowest BCUT2D eigenvalue weighted by molar-refractivity contribution is 0.0709. The van der Waals surface area contributed by atoms with E-state index in [1.54, 1.807) is 31.6 Å². The van der Waals surface area contributed by atoms with Crippen molar-refractivity contribution in [1.82, 2.24) is 15.1 Å². The zero-order valence-electron chi connectivity index (χ0n) is 11.9. The van der Waals surface area contributed by atoms with Crippen molar-refractivity contribution in [3.63, 3.8) is 0 Å². The van der Waals surface area contributed by atoms with Gasteiger partial charge in [-0.25, -0.2) is 4.68 Å². The Kier molecular flexibility index (Phi) is 3.90. The maximum Gasteiger partial charge on any atom is 0.254 e. The molecular formula is C15H19N3O2. The van der Waals surface area contributed by atoms with Crippen LogP contribution in [0.3, 0.4) is 0 Å². The van der Waals surface area contributed by atoms with E-state index in [0.29, 0.717) is 5.56 Å². The number of carbonyl (C=O) groups excluding carboxylic acids is 1. The fraction of sp³-hybridized carbons (Fsp3) is 0.333. The van der Waals surface area contributed by atoms with Gasteiger partial charge < -0.3 is 10.4 Å². The van der Waals surface area contributed by atoms with Gasteiger partial charge in [-0.05, 0) is 32.9 Å². The standard InChI is InChI=1S/C15H19N3O2/c1-11(19)15(2,3)17-14(20)12-9-16-18(10-12)13-7-5-4-6-8-13/h4-11,19H,1-3H3,(H,17,20). The summed E-state index contributed by atoms with van der Waals surface area (Å²) in [4.78, 5) is 12.1. The van der Waals surface area contributed by atoms with E-state index in [9.17, 15) is 9.90 Å². The summed E-state index contributed by atoms with van der Waals surface area (Å²) in [5, 5.41) is 16.6. The normalized spacial score (nSPS) is 13.0. The third kappa shape index (κ3) is 3.05. The predicted molar refractivity (Wildman–Crippen MR) is 76.8 cm³/mol. The van der Waals surface area contributed by atoms with E-state index < -0.39 is 11.6 Å². The van der Waals surface area contributed by atoms with E-state index in [0.717, 1.165) is 5.69 Å². The molecule has 2 aromatic rings. The van der Waals surface area contributed by atoms with Gasteiger partial charge in [-0.1, -0.05) is 18.2 Å². The lowest BCUT2D eigenvalue weighted by Gasteiger charge is -2.29. The number of rotatable bonds is 4. The van der Waals surface area contributed by atoms with Gasteiger partial charge in [-0.2, -0.15) is 5.10 Å². The molecule has 2 rings (SSSR count). The molecule has 20 heavy (non-hydrogen) atoms. The van der Waals surface area contributed by atoms with E-state index in [1.807, 2.05) is 30.3 Å². The minimum absolute atomic E-state index is 0.252. The number of hydrogen-bond donors (Lipinski definition) is 2. The molecule has 0 radical (unpaired) electrons. The monoisotopic (exact) mass is 273 g/mol. The zero-order chi connectivity index (χ0) is 14.8. The molecule has 0 aliphatic rings. The first-order valence-electron chi connectivity index (χ1n) is 6.51. The van der Waals surface area contributed by atoms with Crippen LogP contribution in [0.25, 0.3) is 5.69 Å². The Hall–Kier alpha value is -2.14. The molecule has 1 aromatic heterocycles. The molecule has 1 unspecified atom stereocenters. The molecule has 0 aliphatic carbocycles. The van der Waals surface area contributed by atoms with Crippen molar-refractivity contribution >= 4 is 5.91 Å². The summed E-state index contributed by atoms with van der Waals surface area (Å²) < 4.78 is 1.64. The van der Waals surface area contributed by atoms with Crippen molar-refractivity contribution in [3.05, 3.63) is 48.3 Å². The van der Waals surface area contributed by atoms with Gasteiger partial charge >= 0.3 is 0 Å². The average molecular weight is 273 g/mol. The molecule has 0 aliphatic heterocycles. The molecule has 5 nitrogen and oxygen atoms in total. The lowest BCUT2D eigenvalue weighted by atomic mass is 9.98. The zero-order valence-corrected chi connectivity index (χ0v) is 11.9. The molecule has 5 heteroatoms. The highest BCUT2D eigenvalue weighted by Crippen LogP contribution is 2.12. The lowest BCUT2D eigenvalue weighted by Crippen LogP contribution is -2.50. The maximum atomic E-state index is 12.1. The first kappa shape index (κ1) is 14.3. The Morgan fingerprint density at radius 3 is 2.60 bits per heavy atom. The van der Waals surface area contributed by atoms with E-state index in [1.165, 1.54) is 6.20 Å². The number of amides is 1. The molecule has 0 bridgehead atoms. The van der Waals surface area contributed by atoms with E-state index in [2.05, 4.69) is 10.4 Å². The van der Waals surface area contributed by atoms with Crippen molar-refractivity contribution in [2.24, 2.45) is 0 Å². The smallest absolute Gasteiger partial charge is 0.254 e. The summed E-state index contributed by atoms with van der Waals surface area (Å²) >= 11 is 0. The van der Waals surface area contributed by atoms with Crippen LogP contribution in [0.15, 0.2) is 42.7 Å². The summed E-state index contributed by atoms with van der Waals surface area (Å²) in [6.07, 6.45) is 2.54. The average Bonchev–Trinajstić information content (AvgIpc) is 2.88. The third-order valence-corrected chi connectivity index (χ3v) is 3.35. The highest BCUT2D eigenvalue weighted by atomic mass is 16.3. The van der Waals surface area contributed by atoms with Gasteiger partial charge in [-0.3, -0.25) is 4.79 Å². The molecule has 106 valence electrons. The van der Waals surface area contributed by atoms with Crippen molar-refractivity contribution in [2.75, 3.05) is 0 Å². The molecule has 0 fully saturated rings. The second-order valence-electron chi connectivity index (χ2n) is 5.36. The number of nitrogens with one attached hydrogen (secondary N) is 1. The summed E-state index contributed by atoms with van der Waals surface area (Å²) in [6, 6.07) is 9.56. The topological polar surface area (TPSA) is 67.2 Å². The van der Waals surface area contributed by atoms with Crippen LogP contribution in [0, 0.1) is 0 Å². The van der Waals surface area contributed by atoms with Crippen molar-refractivity contribution < 1.29 is 9.90 Å². The van der Waals surface area contributed by atoms with Crippen LogP contribution in [-0.4, -0.2) is 32.4 Å². The number of aliphatic hydroxyl groups is 1. The van der Waals surface area contributed by atoms with Gasteiger partial charge in [0.05, 0.1) is 29.1 Å². The molecule has 1 aromatic carbocycles. The second-order valence-corrected chi connectivity index (χ2v) is 5.36. The highest BCUT2D eigenvalue weighted by Gasteiger charge is 2.26. The van der Waals surface area contributed by atoms with Gasteiger partial charge in [0.25, 0.3) is 5.91 Å². The van der Waals surface area contributed by atoms with Gasteiger partial charge in [0, 0.05) is 6.20 Å². The number of nitrogens with zero attached hydrogens (tertiary/aromatic N) is 2. The minimum Gasteiger partial charge on any atom is -0.391 e. The molecule has 1 heterocycles.